The number of piperazine rings is 1. The van der Waals surface area contributed by atoms with Crippen LogP contribution in [0.2, 0.25) is 0 Å². The lowest BCUT2D eigenvalue weighted by Crippen LogP contribution is -2.49. The van der Waals surface area contributed by atoms with Crippen LogP contribution in [-0.4, -0.2) is 47.9 Å². The van der Waals surface area contributed by atoms with Crippen LogP contribution >= 0.6 is 11.3 Å². The molecule has 1 N–H and O–H groups in total. The Bertz CT molecular complexity index is 1020. The first kappa shape index (κ1) is 19.1. The van der Waals surface area contributed by atoms with E-state index < -0.39 is 0 Å². The van der Waals surface area contributed by atoms with Crippen molar-refractivity contribution in [2.45, 2.75) is 0 Å². The molecule has 8 heteroatoms. The average Bonchev–Trinajstić information content (AvgIpc) is 3.23. The zero-order chi connectivity index (χ0) is 20.2. The summed E-state index contributed by atoms with van der Waals surface area (Å²) in [5.74, 6) is -0.710. The van der Waals surface area contributed by atoms with E-state index in [4.69, 9.17) is 0 Å². The summed E-state index contributed by atoms with van der Waals surface area (Å²) in [5, 5.41) is 4.75. The lowest BCUT2D eigenvalue weighted by molar-refractivity contribution is 0.0741. The fourth-order valence-corrected chi connectivity index (χ4v) is 3.89. The molecule has 2 aromatic carbocycles. The molecule has 0 saturated carbocycles. The Morgan fingerprint density at radius 3 is 2.38 bits per heavy atom. The molecule has 2 amide bonds. The van der Waals surface area contributed by atoms with Crippen molar-refractivity contribution < 1.29 is 14.0 Å². The Kier molecular flexibility index (Phi) is 5.53. The molecule has 4 rings (SSSR count). The highest BCUT2D eigenvalue weighted by Gasteiger charge is 2.25. The first-order chi connectivity index (χ1) is 14.1. The average molecular weight is 410 g/mol. The fraction of sp³-hybridized carbons (Fsp3) is 0.190. The summed E-state index contributed by atoms with van der Waals surface area (Å²) < 4.78 is 14.0. The van der Waals surface area contributed by atoms with Crippen LogP contribution < -0.4 is 10.2 Å². The fourth-order valence-electron chi connectivity index (χ4n) is 3.21. The van der Waals surface area contributed by atoms with Crippen molar-refractivity contribution in [3.63, 3.8) is 0 Å². The summed E-state index contributed by atoms with van der Waals surface area (Å²) in [4.78, 5) is 32.9. The molecule has 0 aliphatic carbocycles. The van der Waals surface area contributed by atoms with Crippen LogP contribution in [0.5, 0.6) is 0 Å². The van der Waals surface area contributed by atoms with Crippen molar-refractivity contribution in [1.29, 1.82) is 0 Å². The molecule has 0 spiro atoms. The van der Waals surface area contributed by atoms with Gasteiger partial charge in [-0.05, 0) is 24.3 Å². The van der Waals surface area contributed by atoms with E-state index in [1.165, 1.54) is 17.4 Å². The summed E-state index contributed by atoms with van der Waals surface area (Å²) in [6.07, 6.45) is 0. The number of carbonyl (C=O) groups is 2. The van der Waals surface area contributed by atoms with Crippen molar-refractivity contribution in [3.8, 4) is 0 Å². The second-order valence-electron chi connectivity index (χ2n) is 6.59. The Labute approximate surface area is 171 Å². The molecule has 0 bridgehead atoms. The van der Waals surface area contributed by atoms with Crippen molar-refractivity contribution in [2.24, 2.45) is 0 Å². The van der Waals surface area contributed by atoms with Crippen LogP contribution in [0.1, 0.15) is 20.8 Å². The van der Waals surface area contributed by atoms with Crippen molar-refractivity contribution in [2.75, 3.05) is 36.4 Å². The highest BCUT2D eigenvalue weighted by Crippen LogP contribution is 2.22. The number of benzene rings is 2. The highest BCUT2D eigenvalue weighted by atomic mass is 32.1. The van der Waals surface area contributed by atoms with Crippen LogP contribution in [0.3, 0.4) is 0 Å². The Balaban J connectivity index is 1.36. The molecule has 148 valence electrons. The van der Waals surface area contributed by atoms with Gasteiger partial charge in [-0.1, -0.05) is 30.3 Å². The molecule has 0 unspecified atom stereocenters. The number of rotatable bonds is 4. The molecule has 29 heavy (non-hydrogen) atoms. The minimum atomic E-state index is -0.266. The molecule has 2 heterocycles. The summed E-state index contributed by atoms with van der Waals surface area (Å²) >= 11 is 1.21. The largest absolute Gasteiger partial charge is 0.366 e. The van der Waals surface area contributed by atoms with Gasteiger partial charge >= 0.3 is 0 Å². The van der Waals surface area contributed by atoms with E-state index in [9.17, 15) is 14.0 Å². The Morgan fingerprint density at radius 2 is 1.66 bits per heavy atom. The number of thiazole rings is 1. The maximum atomic E-state index is 14.0. The smallest absolute Gasteiger partial charge is 0.273 e. The van der Waals surface area contributed by atoms with E-state index in [0.29, 0.717) is 48.3 Å². The van der Waals surface area contributed by atoms with Crippen molar-refractivity contribution in [3.05, 3.63) is 77.1 Å². The molecule has 1 aromatic heterocycles. The number of aromatic nitrogens is 1. The molecule has 1 saturated heterocycles. The van der Waals surface area contributed by atoms with Gasteiger partial charge in [0.05, 0.1) is 5.69 Å². The van der Waals surface area contributed by atoms with Crippen molar-refractivity contribution >= 4 is 34.0 Å². The minimum absolute atomic E-state index is 0.186. The number of anilines is 2. The molecule has 6 nitrogen and oxygen atoms in total. The third kappa shape index (κ3) is 4.27. The molecule has 0 radical (unpaired) electrons. The number of para-hydroxylation sites is 1. The summed E-state index contributed by atoms with van der Waals surface area (Å²) in [6, 6.07) is 15.5. The topological polar surface area (TPSA) is 65.5 Å². The van der Waals surface area contributed by atoms with Gasteiger partial charge in [0.1, 0.15) is 11.5 Å². The second-order valence-corrected chi connectivity index (χ2v) is 7.45. The van der Waals surface area contributed by atoms with Crippen LogP contribution in [0.25, 0.3) is 0 Å². The number of hydrogen-bond donors (Lipinski definition) is 1. The monoisotopic (exact) mass is 410 g/mol. The standard InChI is InChI=1S/C21H19FN4O2S/c22-16-8-4-5-9-18(16)25-10-12-26(13-11-25)20(28)17-14-29-21(23-17)24-19(27)15-6-2-1-3-7-15/h1-9,14H,10-13H2,(H,23,24,27). The normalized spacial score (nSPS) is 14.0. The minimum Gasteiger partial charge on any atom is -0.366 e. The van der Waals surface area contributed by atoms with E-state index >= 15 is 0 Å². The summed E-state index contributed by atoms with van der Waals surface area (Å²) in [5.41, 5.74) is 1.39. The highest BCUT2D eigenvalue weighted by molar-refractivity contribution is 7.14. The molecular weight excluding hydrogens is 391 g/mol. The third-order valence-electron chi connectivity index (χ3n) is 4.74. The van der Waals surface area contributed by atoms with Gasteiger partial charge in [0.15, 0.2) is 5.13 Å². The van der Waals surface area contributed by atoms with Crippen LogP contribution in [0.15, 0.2) is 60.0 Å². The van der Waals surface area contributed by atoms with E-state index in [-0.39, 0.29) is 17.6 Å². The Morgan fingerprint density at radius 1 is 0.966 bits per heavy atom. The van der Waals surface area contributed by atoms with Gasteiger partial charge in [0.2, 0.25) is 0 Å². The maximum absolute atomic E-state index is 14.0. The predicted octanol–water partition coefficient (Wildman–Crippen LogP) is 3.50. The van der Waals surface area contributed by atoms with Gasteiger partial charge in [-0.3, -0.25) is 14.9 Å². The van der Waals surface area contributed by atoms with E-state index in [0.717, 1.165) is 0 Å². The van der Waals surface area contributed by atoms with Gasteiger partial charge in [-0.25, -0.2) is 9.37 Å². The molecule has 1 aliphatic heterocycles. The number of nitrogens with one attached hydrogen (secondary N) is 1. The predicted molar refractivity (Wildman–Crippen MR) is 111 cm³/mol. The quantitative estimate of drug-likeness (QED) is 0.715. The molecule has 3 aromatic rings. The van der Waals surface area contributed by atoms with Gasteiger partial charge < -0.3 is 9.80 Å². The van der Waals surface area contributed by atoms with Crippen LogP contribution in [0, 0.1) is 5.82 Å². The first-order valence-corrected chi connectivity index (χ1v) is 10.1. The number of halogens is 1. The SMILES string of the molecule is O=C(Nc1nc(C(=O)N2CCN(c3ccccc3F)CC2)cs1)c1ccccc1. The van der Waals surface area contributed by atoms with Gasteiger partial charge in [-0.15, -0.1) is 11.3 Å². The lowest BCUT2D eigenvalue weighted by atomic mass is 10.2. The van der Waals surface area contributed by atoms with Crippen molar-refractivity contribution in [1.82, 2.24) is 9.88 Å². The Hall–Kier alpha value is -3.26. The molecular formula is C21H19FN4O2S. The molecule has 1 aliphatic rings. The zero-order valence-corrected chi connectivity index (χ0v) is 16.4. The van der Waals surface area contributed by atoms with Crippen LogP contribution in [-0.2, 0) is 0 Å². The van der Waals surface area contributed by atoms with E-state index in [1.807, 2.05) is 11.0 Å². The second kappa shape index (κ2) is 8.40. The number of amides is 2. The number of hydrogen-bond acceptors (Lipinski definition) is 5. The maximum Gasteiger partial charge on any atom is 0.273 e. The first-order valence-electron chi connectivity index (χ1n) is 9.22. The molecule has 1 fully saturated rings. The van der Waals surface area contributed by atoms with Gasteiger partial charge in [0, 0.05) is 37.1 Å². The van der Waals surface area contributed by atoms with E-state index in [1.54, 1.807) is 52.7 Å². The lowest BCUT2D eigenvalue weighted by Gasteiger charge is -2.35. The van der Waals surface area contributed by atoms with Gasteiger partial charge in [0.25, 0.3) is 11.8 Å². The summed E-state index contributed by atoms with van der Waals surface area (Å²) in [7, 11) is 0. The zero-order valence-electron chi connectivity index (χ0n) is 15.5. The summed E-state index contributed by atoms with van der Waals surface area (Å²) in [6.45, 7) is 2.07. The third-order valence-corrected chi connectivity index (χ3v) is 5.50. The van der Waals surface area contributed by atoms with E-state index in [2.05, 4.69) is 10.3 Å². The molecule has 0 atom stereocenters. The number of carbonyl (C=O) groups excluding carboxylic acids is 2. The van der Waals surface area contributed by atoms with Crippen LogP contribution in [0.4, 0.5) is 15.2 Å². The van der Waals surface area contributed by atoms with Gasteiger partial charge in [-0.2, -0.15) is 0 Å². The number of nitrogens with zero attached hydrogens (tertiary/aromatic N) is 3.